The van der Waals surface area contributed by atoms with Gasteiger partial charge in [-0.1, -0.05) is 32.1 Å². The fourth-order valence-electron chi connectivity index (χ4n) is 1.80. The van der Waals surface area contributed by atoms with Gasteiger partial charge in [-0.05, 0) is 24.1 Å². The van der Waals surface area contributed by atoms with Gasteiger partial charge < -0.3 is 5.32 Å². The van der Waals surface area contributed by atoms with E-state index in [4.69, 9.17) is 0 Å². The Morgan fingerprint density at radius 2 is 1.89 bits per heavy atom. The smallest absolute Gasteiger partial charge is 0.178 e. The van der Waals surface area contributed by atoms with Crippen molar-refractivity contribution in [3.8, 4) is 0 Å². The minimum absolute atomic E-state index is 0.137. The van der Waals surface area contributed by atoms with Gasteiger partial charge in [-0.25, -0.2) is 8.42 Å². The Labute approximate surface area is 110 Å². The van der Waals surface area contributed by atoms with Gasteiger partial charge >= 0.3 is 0 Å². The second-order valence-corrected chi connectivity index (χ2v) is 6.41. The number of hydrogen-bond acceptors (Lipinski definition) is 3. The van der Waals surface area contributed by atoms with Gasteiger partial charge in [0.2, 0.25) is 0 Å². The van der Waals surface area contributed by atoms with Gasteiger partial charge in [0.05, 0.1) is 10.6 Å². The van der Waals surface area contributed by atoms with Crippen molar-refractivity contribution < 1.29 is 8.42 Å². The Kier molecular flexibility index (Phi) is 5.56. The van der Waals surface area contributed by atoms with Crippen LogP contribution in [0, 0.1) is 0 Å². The van der Waals surface area contributed by atoms with Crippen molar-refractivity contribution in [2.24, 2.45) is 0 Å². The Morgan fingerprint density at radius 1 is 1.28 bits per heavy atom. The molecule has 1 N–H and O–H groups in total. The van der Waals surface area contributed by atoms with Crippen LogP contribution in [0.3, 0.4) is 0 Å². The summed E-state index contributed by atoms with van der Waals surface area (Å²) in [5, 5.41) is 3.34. The van der Waals surface area contributed by atoms with Crippen LogP contribution in [0.25, 0.3) is 0 Å². The molecule has 1 atom stereocenters. The van der Waals surface area contributed by atoms with Crippen molar-refractivity contribution in [2.75, 3.05) is 12.3 Å². The Morgan fingerprint density at radius 3 is 2.33 bits per heavy atom. The summed E-state index contributed by atoms with van der Waals surface area (Å²) in [7, 11) is -3.10. The van der Waals surface area contributed by atoms with Crippen LogP contribution in [0.15, 0.2) is 41.8 Å². The number of sulfone groups is 1. The van der Waals surface area contributed by atoms with Gasteiger partial charge in [0.15, 0.2) is 9.84 Å². The molecule has 0 aromatic heterocycles. The van der Waals surface area contributed by atoms with Crippen molar-refractivity contribution in [1.29, 1.82) is 0 Å². The molecule has 4 heteroatoms. The van der Waals surface area contributed by atoms with Crippen molar-refractivity contribution >= 4 is 9.84 Å². The lowest BCUT2D eigenvalue weighted by molar-refractivity contribution is 0.551. The molecule has 3 nitrogen and oxygen atoms in total. The SMILES string of the molecule is C=CCNC(CC)c1ccc(S(=O)(=O)CC)cc1. The average molecular weight is 267 g/mol. The second kappa shape index (κ2) is 6.71. The van der Waals surface area contributed by atoms with Gasteiger partial charge in [-0.2, -0.15) is 0 Å². The molecule has 1 rings (SSSR count). The maximum absolute atomic E-state index is 11.7. The predicted molar refractivity (Wildman–Crippen MR) is 75.4 cm³/mol. The van der Waals surface area contributed by atoms with E-state index in [1.54, 1.807) is 19.1 Å². The molecule has 18 heavy (non-hydrogen) atoms. The molecule has 0 spiro atoms. The standard InChI is InChI=1S/C14H21NO2S/c1-4-11-15-14(5-2)12-7-9-13(10-8-12)18(16,17)6-3/h4,7-10,14-15H,1,5-6,11H2,2-3H3. The third-order valence-corrected chi connectivity index (χ3v) is 4.69. The summed E-state index contributed by atoms with van der Waals surface area (Å²) < 4.78 is 23.4. The summed E-state index contributed by atoms with van der Waals surface area (Å²) in [6.45, 7) is 8.17. The van der Waals surface area contributed by atoms with E-state index in [2.05, 4.69) is 18.8 Å². The first-order valence-corrected chi connectivity index (χ1v) is 7.87. The molecular weight excluding hydrogens is 246 g/mol. The molecule has 0 heterocycles. The fourth-order valence-corrected chi connectivity index (χ4v) is 2.68. The van der Waals surface area contributed by atoms with Crippen LogP contribution in [-0.4, -0.2) is 20.7 Å². The van der Waals surface area contributed by atoms with Crippen LogP contribution in [0.4, 0.5) is 0 Å². The minimum atomic E-state index is -3.10. The summed E-state index contributed by atoms with van der Waals surface area (Å²) in [5.41, 5.74) is 1.11. The Balaban J connectivity index is 2.90. The highest BCUT2D eigenvalue weighted by molar-refractivity contribution is 7.91. The zero-order chi connectivity index (χ0) is 13.6. The van der Waals surface area contributed by atoms with Gasteiger partial charge in [0.1, 0.15) is 0 Å². The maximum atomic E-state index is 11.7. The van der Waals surface area contributed by atoms with Crippen LogP contribution in [0.5, 0.6) is 0 Å². The lowest BCUT2D eigenvalue weighted by atomic mass is 10.0. The van der Waals surface area contributed by atoms with E-state index in [1.807, 2.05) is 18.2 Å². The highest BCUT2D eigenvalue weighted by Crippen LogP contribution is 2.19. The molecule has 0 saturated carbocycles. The summed E-state index contributed by atoms with van der Waals surface area (Å²) >= 11 is 0. The monoisotopic (exact) mass is 267 g/mol. The quantitative estimate of drug-likeness (QED) is 0.773. The molecule has 100 valence electrons. The van der Waals surface area contributed by atoms with E-state index >= 15 is 0 Å². The minimum Gasteiger partial charge on any atom is -0.306 e. The van der Waals surface area contributed by atoms with E-state index in [-0.39, 0.29) is 11.8 Å². The molecule has 0 aliphatic heterocycles. The van der Waals surface area contributed by atoms with Gasteiger partial charge in [-0.15, -0.1) is 6.58 Å². The molecule has 1 unspecified atom stereocenters. The zero-order valence-corrected chi connectivity index (χ0v) is 11.8. The Hall–Kier alpha value is -1.13. The summed E-state index contributed by atoms with van der Waals surface area (Å²) in [4.78, 5) is 0.396. The second-order valence-electron chi connectivity index (χ2n) is 4.13. The molecule has 0 aliphatic rings. The highest BCUT2D eigenvalue weighted by Gasteiger charge is 2.13. The molecule has 0 fully saturated rings. The molecule has 0 aliphatic carbocycles. The largest absolute Gasteiger partial charge is 0.306 e. The third-order valence-electron chi connectivity index (χ3n) is 2.94. The highest BCUT2D eigenvalue weighted by atomic mass is 32.2. The predicted octanol–water partition coefficient (Wildman–Crippen LogP) is 2.71. The van der Waals surface area contributed by atoms with Crippen molar-refractivity contribution in [1.82, 2.24) is 5.32 Å². The number of nitrogens with one attached hydrogen (secondary N) is 1. The topological polar surface area (TPSA) is 46.2 Å². The first-order chi connectivity index (χ1) is 8.55. The Bertz CT molecular complexity index is 477. The van der Waals surface area contributed by atoms with Crippen molar-refractivity contribution in [3.05, 3.63) is 42.5 Å². The van der Waals surface area contributed by atoms with Crippen LogP contribution in [0.2, 0.25) is 0 Å². The third kappa shape index (κ3) is 3.68. The lowest BCUT2D eigenvalue weighted by Gasteiger charge is -2.16. The van der Waals surface area contributed by atoms with Crippen molar-refractivity contribution in [2.45, 2.75) is 31.2 Å². The first-order valence-electron chi connectivity index (χ1n) is 6.22. The summed E-state index contributed by atoms with van der Waals surface area (Å²) in [6.07, 6.45) is 2.77. The number of rotatable bonds is 7. The maximum Gasteiger partial charge on any atom is 0.178 e. The lowest BCUT2D eigenvalue weighted by Crippen LogP contribution is -2.20. The summed E-state index contributed by atoms with van der Waals surface area (Å²) in [6, 6.07) is 7.37. The van der Waals surface area contributed by atoms with Gasteiger partial charge in [0.25, 0.3) is 0 Å². The molecule has 0 radical (unpaired) electrons. The van der Waals surface area contributed by atoms with Crippen LogP contribution in [0.1, 0.15) is 31.9 Å². The molecular formula is C14H21NO2S. The number of benzene rings is 1. The van der Waals surface area contributed by atoms with Crippen molar-refractivity contribution in [3.63, 3.8) is 0 Å². The van der Waals surface area contributed by atoms with Gasteiger partial charge in [-0.3, -0.25) is 0 Å². The first kappa shape index (κ1) is 14.9. The van der Waals surface area contributed by atoms with Crippen LogP contribution in [-0.2, 0) is 9.84 Å². The average Bonchev–Trinajstić information content (AvgIpc) is 2.40. The van der Waals surface area contributed by atoms with Gasteiger partial charge in [0, 0.05) is 12.6 Å². The van der Waals surface area contributed by atoms with E-state index in [1.165, 1.54) is 0 Å². The van der Waals surface area contributed by atoms with E-state index in [0.29, 0.717) is 4.90 Å². The molecule has 0 amide bonds. The zero-order valence-electron chi connectivity index (χ0n) is 11.0. The molecule has 1 aromatic rings. The van der Waals surface area contributed by atoms with E-state index in [9.17, 15) is 8.42 Å². The van der Waals surface area contributed by atoms with E-state index < -0.39 is 9.84 Å². The fraction of sp³-hybridized carbons (Fsp3) is 0.429. The molecule has 0 saturated heterocycles. The normalized spacial score (nSPS) is 13.2. The van der Waals surface area contributed by atoms with Crippen LogP contribution < -0.4 is 5.32 Å². The van der Waals surface area contributed by atoms with E-state index in [0.717, 1.165) is 18.5 Å². The van der Waals surface area contributed by atoms with Crippen LogP contribution >= 0.6 is 0 Å². The molecule has 1 aromatic carbocycles. The summed E-state index contributed by atoms with van der Waals surface area (Å²) in [5.74, 6) is 0.137. The molecule has 0 bridgehead atoms. The number of hydrogen-bond donors (Lipinski definition) is 1.